The summed E-state index contributed by atoms with van der Waals surface area (Å²) in [5, 5.41) is 0. The predicted octanol–water partition coefficient (Wildman–Crippen LogP) is 2.58. The first-order valence-corrected chi connectivity index (χ1v) is 7.78. The molecule has 0 radical (unpaired) electrons. The van der Waals surface area contributed by atoms with Gasteiger partial charge in [-0.2, -0.15) is 0 Å². The first kappa shape index (κ1) is 14.1. The zero-order valence-corrected chi connectivity index (χ0v) is 12.4. The van der Waals surface area contributed by atoms with Crippen LogP contribution in [0.1, 0.15) is 48.0 Å². The largest absolute Gasteiger partial charge is 0.273 e. The fourth-order valence-electron chi connectivity index (χ4n) is 3.94. The molecular formula is C17H22N2O2. The Morgan fingerprint density at radius 1 is 1.14 bits per heavy atom. The first-order valence-electron chi connectivity index (χ1n) is 7.78. The predicted molar refractivity (Wildman–Crippen MR) is 80.3 cm³/mol. The highest BCUT2D eigenvalue weighted by Crippen LogP contribution is 2.49. The number of hydrazine groups is 1. The zero-order valence-electron chi connectivity index (χ0n) is 12.4. The van der Waals surface area contributed by atoms with Gasteiger partial charge in [-0.05, 0) is 55.6 Å². The van der Waals surface area contributed by atoms with Gasteiger partial charge in [0.25, 0.3) is 5.91 Å². The second-order valence-electron chi connectivity index (χ2n) is 6.46. The number of rotatable bonds is 3. The quantitative estimate of drug-likeness (QED) is 0.839. The molecule has 2 aliphatic rings. The Bertz CT molecular complexity index is 555. The third-order valence-corrected chi connectivity index (χ3v) is 5.04. The van der Waals surface area contributed by atoms with Crippen LogP contribution in [0.4, 0.5) is 0 Å². The number of hydrogen-bond donors (Lipinski definition) is 2. The lowest BCUT2D eigenvalue weighted by molar-refractivity contribution is -0.123. The van der Waals surface area contributed by atoms with Gasteiger partial charge >= 0.3 is 0 Å². The smallest absolute Gasteiger partial charge is 0.269 e. The molecule has 0 unspecified atom stereocenters. The van der Waals surface area contributed by atoms with Gasteiger partial charge in [0.1, 0.15) is 0 Å². The maximum absolute atomic E-state index is 12.0. The third kappa shape index (κ3) is 3.09. The summed E-state index contributed by atoms with van der Waals surface area (Å²) >= 11 is 0. The van der Waals surface area contributed by atoms with Gasteiger partial charge in [-0.15, -0.1) is 0 Å². The molecule has 1 aromatic rings. The van der Waals surface area contributed by atoms with Gasteiger partial charge in [-0.3, -0.25) is 20.4 Å². The van der Waals surface area contributed by atoms with E-state index in [2.05, 4.69) is 10.9 Å². The van der Waals surface area contributed by atoms with Crippen molar-refractivity contribution in [3.63, 3.8) is 0 Å². The topological polar surface area (TPSA) is 58.2 Å². The summed E-state index contributed by atoms with van der Waals surface area (Å²) in [5.74, 6) is 1.75. The van der Waals surface area contributed by atoms with Gasteiger partial charge in [0.15, 0.2) is 0 Å². The van der Waals surface area contributed by atoms with E-state index in [4.69, 9.17) is 0 Å². The van der Waals surface area contributed by atoms with Crippen LogP contribution in [0, 0.1) is 24.7 Å². The maximum atomic E-state index is 12.0. The molecule has 0 aromatic heterocycles. The molecule has 3 rings (SSSR count). The average Bonchev–Trinajstić information content (AvgIpc) is 3.08. The molecule has 4 nitrogen and oxygen atoms in total. The van der Waals surface area contributed by atoms with Crippen molar-refractivity contribution < 1.29 is 9.59 Å². The molecule has 2 saturated carbocycles. The lowest BCUT2D eigenvalue weighted by Crippen LogP contribution is -2.42. The third-order valence-electron chi connectivity index (χ3n) is 5.04. The van der Waals surface area contributed by atoms with Gasteiger partial charge in [0.2, 0.25) is 5.91 Å². The molecule has 2 amide bonds. The summed E-state index contributed by atoms with van der Waals surface area (Å²) < 4.78 is 0. The molecule has 112 valence electrons. The van der Waals surface area contributed by atoms with Crippen LogP contribution in [-0.2, 0) is 4.79 Å². The molecule has 1 aromatic carbocycles. The van der Waals surface area contributed by atoms with E-state index in [0.29, 0.717) is 17.9 Å². The Morgan fingerprint density at radius 2 is 1.95 bits per heavy atom. The van der Waals surface area contributed by atoms with Gasteiger partial charge in [-0.25, -0.2) is 0 Å². The monoisotopic (exact) mass is 286 g/mol. The van der Waals surface area contributed by atoms with E-state index in [0.717, 1.165) is 17.4 Å². The van der Waals surface area contributed by atoms with Crippen molar-refractivity contribution in [3.8, 4) is 0 Å². The Hall–Kier alpha value is -1.84. The summed E-state index contributed by atoms with van der Waals surface area (Å²) in [5.41, 5.74) is 6.57. The molecule has 0 spiro atoms. The molecule has 3 atom stereocenters. The van der Waals surface area contributed by atoms with E-state index in [1.807, 2.05) is 25.1 Å². The van der Waals surface area contributed by atoms with Gasteiger partial charge in [0.05, 0.1) is 0 Å². The minimum Gasteiger partial charge on any atom is -0.273 e. The van der Waals surface area contributed by atoms with E-state index in [1.165, 1.54) is 25.7 Å². The van der Waals surface area contributed by atoms with Crippen molar-refractivity contribution in [1.82, 2.24) is 10.9 Å². The van der Waals surface area contributed by atoms with E-state index in [-0.39, 0.29) is 11.8 Å². The first-order chi connectivity index (χ1) is 10.1. The second-order valence-corrected chi connectivity index (χ2v) is 6.46. The van der Waals surface area contributed by atoms with E-state index in [9.17, 15) is 9.59 Å². The molecule has 2 N–H and O–H groups in total. The lowest BCUT2D eigenvalue weighted by Gasteiger charge is -2.21. The molecule has 21 heavy (non-hydrogen) atoms. The summed E-state index contributed by atoms with van der Waals surface area (Å²) in [6.45, 7) is 1.88. The number of aryl methyl sites for hydroxylation is 1. The summed E-state index contributed by atoms with van der Waals surface area (Å²) in [6.07, 6.45) is 5.64. The average molecular weight is 286 g/mol. The van der Waals surface area contributed by atoms with Crippen LogP contribution < -0.4 is 10.9 Å². The lowest BCUT2D eigenvalue weighted by atomic mass is 9.86. The van der Waals surface area contributed by atoms with Crippen molar-refractivity contribution >= 4 is 11.8 Å². The molecule has 2 fully saturated rings. The number of carbonyl (C=O) groups excluding carboxylic acids is 2. The fraction of sp³-hybridized carbons (Fsp3) is 0.529. The van der Waals surface area contributed by atoms with Gasteiger partial charge in [0, 0.05) is 12.0 Å². The Labute approximate surface area is 125 Å². The van der Waals surface area contributed by atoms with E-state index >= 15 is 0 Å². The van der Waals surface area contributed by atoms with Crippen molar-refractivity contribution in [2.24, 2.45) is 17.8 Å². The molecule has 2 aliphatic carbocycles. The van der Waals surface area contributed by atoms with Crippen LogP contribution in [0.25, 0.3) is 0 Å². The molecule has 2 bridgehead atoms. The Balaban J connectivity index is 1.48. The highest BCUT2D eigenvalue weighted by Gasteiger charge is 2.40. The highest BCUT2D eigenvalue weighted by atomic mass is 16.2. The van der Waals surface area contributed by atoms with Crippen LogP contribution in [0.2, 0.25) is 0 Å². The van der Waals surface area contributed by atoms with Crippen molar-refractivity contribution in [3.05, 3.63) is 35.4 Å². The number of nitrogens with one attached hydrogen (secondary N) is 2. The maximum Gasteiger partial charge on any atom is 0.269 e. The summed E-state index contributed by atoms with van der Waals surface area (Å²) in [6, 6.07) is 7.34. The highest BCUT2D eigenvalue weighted by molar-refractivity contribution is 5.96. The Kier molecular flexibility index (Phi) is 3.95. The molecule has 0 aliphatic heterocycles. The van der Waals surface area contributed by atoms with Crippen LogP contribution >= 0.6 is 0 Å². The number of benzene rings is 1. The number of fused-ring (bicyclic) bond motifs is 2. The van der Waals surface area contributed by atoms with Gasteiger partial charge in [-0.1, -0.05) is 24.6 Å². The Morgan fingerprint density at radius 3 is 2.62 bits per heavy atom. The van der Waals surface area contributed by atoms with E-state index < -0.39 is 0 Å². The molecular weight excluding hydrogens is 264 g/mol. The standard InChI is InChI=1S/C17H22N2O2/c1-11-4-2-3-5-15(11)17(21)19-18-16(20)10-14-9-12-6-7-13(14)8-12/h2-5,12-14H,6-10H2,1H3,(H,18,20)(H,19,21)/t12-,13-,14+/m1/s1. The molecule has 4 heteroatoms. The van der Waals surface area contributed by atoms with Crippen LogP contribution in [0.5, 0.6) is 0 Å². The molecule has 0 saturated heterocycles. The number of hydrogen-bond acceptors (Lipinski definition) is 2. The van der Waals surface area contributed by atoms with Crippen LogP contribution in [0.3, 0.4) is 0 Å². The van der Waals surface area contributed by atoms with Gasteiger partial charge < -0.3 is 0 Å². The summed E-state index contributed by atoms with van der Waals surface area (Å²) in [7, 11) is 0. The van der Waals surface area contributed by atoms with Crippen molar-refractivity contribution in [2.75, 3.05) is 0 Å². The van der Waals surface area contributed by atoms with Crippen LogP contribution in [0.15, 0.2) is 24.3 Å². The molecule has 0 heterocycles. The van der Waals surface area contributed by atoms with Crippen LogP contribution in [-0.4, -0.2) is 11.8 Å². The SMILES string of the molecule is Cc1ccccc1C(=O)NNC(=O)C[C@@H]1C[C@@H]2CC[C@@H]1C2. The number of carbonyl (C=O) groups is 2. The fourth-order valence-corrected chi connectivity index (χ4v) is 3.94. The minimum absolute atomic E-state index is 0.0746. The summed E-state index contributed by atoms with van der Waals surface area (Å²) in [4.78, 5) is 24.0. The zero-order chi connectivity index (χ0) is 14.8. The van der Waals surface area contributed by atoms with Crippen molar-refractivity contribution in [2.45, 2.75) is 39.0 Å². The number of amides is 2. The minimum atomic E-state index is -0.255. The van der Waals surface area contributed by atoms with E-state index in [1.54, 1.807) is 6.07 Å². The second kappa shape index (κ2) is 5.88. The normalized spacial score (nSPS) is 26.6. The van der Waals surface area contributed by atoms with Crippen molar-refractivity contribution in [1.29, 1.82) is 0 Å².